The molecule has 2 aromatic heterocycles. The first-order valence-corrected chi connectivity index (χ1v) is 10.1. The van der Waals surface area contributed by atoms with Crippen molar-refractivity contribution in [3.8, 4) is 12.1 Å². The number of hydrogen-bond acceptors (Lipinski definition) is 5. The van der Waals surface area contributed by atoms with Gasteiger partial charge in [-0.2, -0.15) is 10.5 Å². The predicted molar refractivity (Wildman–Crippen MR) is 117 cm³/mol. The van der Waals surface area contributed by atoms with E-state index in [-0.39, 0.29) is 12.2 Å². The molecule has 2 heterocycles. The monoisotopic (exact) mass is 474 g/mol. The van der Waals surface area contributed by atoms with E-state index in [9.17, 15) is 9.59 Å². The topological polar surface area (TPSA) is 109 Å². The second-order valence-corrected chi connectivity index (χ2v) is 7.70. The van der Waals surface area contributed by atoms with Crippen molar-refractivity contribution in [1.82, 2.24) is 18.7 Å². The van der Waals surface area contributed by atoms with Gasteiger partial charge in [-0.25, -0.2) is 9.78 Å². The zero-order valence-electron chi connectivity index (χ0n) is 16.4. The van der Waals surface area contributed by atoms with Gasteiger partial charge in [0.2, 0.25) is 0 Å². The van der Waals surface area contributed by atoms with Crippen LogP contribution in [0.5, 0.6) is 0 Å². The fraction of sp³-hybridized carbons (Fsp3) is 0.136. The van der Waals surface area contributed by atoms with Crippen LogP contribution in [0.3, 0.4) is 0 Å². The second kappa shape index (κ2) is 8.05. The molecule has 0 aliphatic rings. The van der Waals surface area contributed by atoms with Crippen LogP contribution in [0.2, 0.25) is 0 Å². The summed E-state index contributed by atoms with van der Waals surface area (Å²) in [5.74, 6) is 0. The standard InChI is InChI=1S/C22H15BrN6O2/c1-27-19-18(28(21(23)26-19)12-16-6-2-14(10-24)3-7-16)20(30)29(22(27)31)13-17-8-4-15(11-25)5-9-17/h2-9H,12-13H2,1H3. The number of imidazole rings is 1. The number of aryl methyl sites for hydroxylation is 1. The molecule has 0 N–H and O–H groups in total. The number of nitrogens with zero attached hydrogens (tertiary/aromatic N) is 6. The highest BCUT2D eigenvalue weighted by Gasteiger charge is 2.19. The molecule has 0 spiro atoms. The molecule has 2 aromatic carbocycles. The molecular formula is C22H15BrN6O2. The number of nitriles is 2. The summed E-state index contributed by atoms with van der Waals surface area (Å²) < 4.78 is 4.64. The van der Waals surface area contributed by atoms with Crippen LogP contribution in [0.15, 0.2) is 62.9 Å². The summed E-state index contributed by atoms with van der Waals surface area (Å²) in [6.45, 7) is 0.417. The molecule has 9 heteroatoms. The SMILES string of the molecule is Cn1c(=O)n(Cc2ccc(C#N)cc2)c(=O)c2c1nc(Br)n2Cc1ccc(C#N)cc1. The number of halogens is 1. The first kappa shape index (κ1) is 20.3. The van der Waals surface area contributed by atoms with Gasteiger partial charge in [0.25, 0.3) is 5.56 Å². The number of aromatic nitrogens is 4. The van der Waals surface area contributed by atoms with E-state index in [1.807, 2.05) is 18.2 Å². The van der Waals surface area contributed by atoms with E-state index in [1.165, 1.54) is 4.57 Å². The molecule has 31 heavy (non-hydrogen) atoms. The Balaban J connectivity index is 1.84. The minimum atomic E-state index is -0.475. The van der Waals surface area contributed by atoms with Gasteiger partial charge in [0.15, 0.2) is 15.9 Å². The summed E-state index contributed by atoms with van der Waals surface area (Å²) in [5.41, 5.74) is 2.32. The molecule has 4 rings (SSSR count). The Morgan fingerprint density at radius 3 is 1.84 bits per heavy atom. The molecule has 0 unspecified atom stereocenters. The minimum absolute atomic E-state index is 0.0762. The van der Waals surface area contributed by atoms with Crippen molar-refractivity contribution < 1.29 is 0 Å². The second-order valence-electron chi connectivity index (χ2n) is 6.99. The average molecular weight is 475 g/mol. The first-order valence-electron chi connectivity index (χ1n) is 9.26. The summed E-state index contributed by atoms with van der Waals surface area (Å²) in [6, 6.07) is 17.9. The van der Waals surface area contributed by atoms with Crippen molar-refractivity contribution in [3.05, 3.63) is 96.4 Å². The van der Waals surface area contributed by atoms with E-state index < -0.39 is 11.2 Å². The first-order chi connectivity index (χ1) is 14.9. The molecule has 0 aliphatic carbocycles. The maximum Gasteiger partial charge on any atom is 0.332 e. The van der Waals surface area contributed by atoms with Gasteiger partial charge in [0.1, 0.15) is 0 Å². The third-order valence-corrected chi connectivity index (χ3v) is 5.64. The predicted octanol–water partition coefficient (Wildman–Crippen LogP) is 2.50. The number of rotatable bonds is 4. The van der Waals surface area contributed by atoms with Crippen molar-refractivity contribution in [1.29, 1.82) is 10.5 Å². The Morgan fingerprint density at radius 1 is 0.871 bits per heavy atom. The number of fused-ring (bicyclic) bond motifs is 1. The molecular weight excluding hydrogens is 460 g/mol. The summed E-state index contributed by atoms with van der Waals surface area (Å²) in [7, 11) is 1.57. The van der Waals surface area contributed by atoms with Crippen LogP contribution in [0, 0.1) is 22.7 Å². The molecule has 0 radical (unpaired) electrons. The summed E-state index contributed by atoms with van der Waals surface area (Å²) >= 11 is 3.40. The molecule has 0 atom stereocenters. The van der Waals surface area contributed by atoms with E-state index >= 15 is 0 Å². The smallest absolute Gasteiger partial charge is 0.308 e. The third-order valence-electron chi connectivity index (χ3n) is 5.03. The van der Waals surface area contributed by atoms with Gasteiger partial charge in [-0.3, -0.25) is 13.9 Å². The number of benzene rings is 2. The molecule has 0 aliphatic heterocycles. The maximum atomic E-state index is 13.3. The molecule has 0 saturated carbocycles. The Morgan fingerprint density at radius 2 is 1.35 bits per heavy atom. The van der Waals surface area contributed by atoms with Crippen molar-refractivity contribution in [2.24, 2.45) is 7.05 Å². The zero-order valence-corrected chi connectivity index (χ0v) is 18.0. The van der Waals surface area contributed by atoms with E-state index in [1.54, 1.807) is 48.0 Å². The summed E-state index contributed by atoms with van der Waals surface area (Å²) in [6.07, 6.45) is 0. The van der Waals surface area contributed by atoms with Gasteiger partial charge < -0.3 is 4.57 Å². The lowest BCUT2D eigenvalue weighted by atomic mass is 10.1. The van der Waals surface area contributed by atoms with Crippen LogP contribution in [-0.2, 0) is 20.1 Å². The Bertz CT molecular complexity index is 1500. The van der Waals surface area contributed by atoms with Gasteiger partial charge in [-0.15, -0.1) is 0 Å². The minimum Gasteiger partial charge on any atom is -0.308 e. The Hall–Kier alpha value is -3.95. The lowest BCUT2D eigenvalue weighted by Gasteiger charge is -2.10. The van der Waals surface area contributed by atoms with Crippen molar-refractivity contribution >= 4 is 27.1 Å². The fourth-order valence-corrected chi connectivity index (χ4v) is 3.83. The van der Waals surface area contributed by atoms with Crippen LogP contribution in [0.25, 0.3) is 11.2 Å². The molecule has 8 nitrogen and oxygen atoms in total. The van der Waals surface area contributed by atoms with E-state index in [0.29, 0.717) is 27.9 Å². The van der Waals surface area contributed by atoms with E-state index in [4.69, 9.17) is 10.5 Å². The van der Waals surface area contributed by atoms with Crippen molar-refractivity contribution in [2.45, 2.75) is 13.1 Å². The van der Waals surface area contributed by atoms with Crippen molar-refractivity contribution in [3.63, 3.8) is 0 Å². The number of hydrogen-bond donors (Lipinski definition) is 0. The molecule has 4 aromatic rings. The highest BCUT2D eigenvalue weighted by atomic mass is 79.9. The fourth-order valence-electron chi connectivity index (χ4n) is 3.36. The molecule has 0 bridgehead atoms. The van der Waals surface area contributed by atoms with E-state index in [0.717, 1.165) is 15.7 Å². The van der Waals surface area contributed by atoms with Gasteiger partial charge >= 0.3 is 5.69 Å². The normalized spacial score (nSPS) is 10.7. The molecule has 152 valence electrons. The Kier molecular flexibility index (Phi) is 5.28. The highest BCUT2D eigenvalue weighted by molar-refractivity contribution is 9.10. The largest absolute Gasteiger partial charge is 0.332 e. The van der Waals surface area contributed by atoms with Gasteiger partial charge in [-0.1, -0.05) is 24.3 Å². The maximum absolute atomic E-state index is 13.3. The van der Waals surface area contributed by atoms with E-state index in [2.05, 4.69) is 27.0 Å². The van der Waals surface area contributed by atoms with Gasteiger partial charge in [0, 0.05) is 7.05 Å². The third kappa shape index (κ3) is 3.67. The molecule has 0 fully saturated rings. The van der Waals surface area contributed by atoms with Crippen LogP contribution >= 0.6 is 15.9 Å². The van der Waals surface area contributed by atoms with Crippen molar-refractivity contribution in [2.75, 3.05) is 0 Å². The average Bonchev–Trinajstić information content (AvgIpc) is 3.12. The Labute approximate surface area is 185 Å². The zero-order chi connectivity index (χ0) is 22.1. The molecule has 0 saturated heterocycles. The lowest BCUT2D eigenvalue weighted by Crippen LogP contribution is -2.40. The van der Waals surface area contributed by atoms with Gasteiger partial charge in [-0.05, 0) is 51.3 Å². The summed E-state index contributed by atoms with van der Waals surface area (Å²) in [5, 5.41) is 17.9. The summed E-state index contributed by atoms with van der Waals surface area (Å²) in [4.78, 5) is 30.6. The van der Waals surface area contributed by atoms with Crippen LogP contribution in [0.4, 0.5) is 0 Å². The lowest BCUT2D eigenvalue weighted by molar-refractivity contribution is 0.653. The quantitative estimate of drug-likeness (QED) is 0.422. The van der Waals surface area contributed by atoms with Crippen LogP contribution in [0.1, 0.15) is 22.3 Å². The van der Waals surface area contributed by atoms with Crippen LogP contribution < -0.4 is 11.2 Å². The van der Waals surface area contributed by atoms with Gasteiger partial charge in [0.05, 0.1) is 36.4 Å². The molecule has 0 amide bonds. The highest BCUT2D eigenvalue weighted by Crippen LogP contribution is 2.19. The van der Waals surface area contributed by atoms with Crippen LogP contribution in [-0.4, -0.2) is 18.7 Å².